The third-order valence-corrected chi connectivity index (χ3v) is 1.47. The molecule has 0 aromatic carbocycles. The van der Waals surface area contributed by atoms with Gasteiger partial charge in [-0.25, -0.2) is 0 Å². The van der Waals surface area contributed by atoms with Gasteiger partial charge in [0.1, 0.15) is 0 Å². The van der Waals surface area contributed by atoms with Crippen LogP contribution in [0.3, 0.4) is 0 Å². The summed E-state index contributed by atoms with van der Waals surface area (Å²) in [5.74, 6) is 0. The van der Waals surface area contributed by atoms with Crippen molar-refractivity contribution in [2.24, 2.45) is 0 Å². The van der Waals surface area contributed by atoms with E-state index in [1.165, 1.54) is 0 Å². The first-order chi connectivity index (χ1) is 4.12. The molecule has 9 heavy (non-hydrogen) atoms. The van der Waals surface area contributed by atoms with Crippen LogP contribution in [0.5, 0.6) is 0 Å². The quantitative estimate of drug-likeness (QED) is 0.562. The molecule has 0 heterocycles. The molecule has 1 radical (unpaired) electrons. The Morgan fingerprint density at radius 3 is 2.44 bits per heavy atom. The maximum absolute atomic E-state index is 5.21. The maximum Gasteiger partial charge on any atom is 0.0625 e. The molecule has 0 aromatic rings. The van der Waals surface area contributed by atoms with Crippen LogP contribution in [0.2, 0.25) is 0 Å². The van der Waals surface area contributed by atoms with E-state index in [0.29, 0.717) is 0 Å². The summed E-state index contributed by atoms with van der Waals surface area (Å²) in [5.41, 5.74) is -0.0180. The Balaban J connectivity index is 3.44. The molecule has 0 N–H and O–H groups in total. The molecular formula is C8H15O. The van der Waals surface area contributed by atoms with E-state index in [2.05, 4.69) is 13.8 Å². The molecule has 0 aromatic heterocycles. The number of hydrogen-bond acceptors (Lipinski definition) is 1. The molecule has 0 atom stereocenters. The van der Waals surface area contributed by atoms with E-state index in [1.807, 2.05) is 0 Å². The molecule has 0 aliphatic carbocycles. The lowest BCUT2D eigenvalue weighted by Crippen LogP contribution is -2.21. The highest BCUT2D eigenvalue weighted by molar-refractivity contribution is 4.73. The van der Waals surface area contributed by atoms with E-state index in [0.717, 1.165) is 12.8 Å². The van der Waals surface area contributed by atoms with Crippen LogP contribution in [0.4, 0.5) is 0 Å². The molecule has 1 nitrogen and oxygen atoms in total. The van der Waals surface area contributed by atoms with Crippen molar-refractivity contribution in [1.82, 2.24) is 0 Å². The zero-order valence-electron chi connectivity index (χ0n) is 6.48. The van der Waals surface area contributed by atoms with Crippen molar-refractivity contribution >= 4 is 0 Å². The largest absolute Gasteiger partial charge is 0.379 e. The Labute approximate surface area is 57.7 Å². The second-order valence-corrected chi connectivity index (χ2v) is 2.74. The molecule has 0 spiro atoms. The Kier molecular flexibility index (Phi) is 3.55. The fraction of sp³-hybridized carbons (Fsp3) is 0.750. The van der Waals surface area contributed by atoms with Crippen LogP contribution < -0.4 is 0 Å². The van der Waals surface area contributed by atoms with Gasteiger partial charge >= 0.3 is 0 Å². The van der Waals surface area contributed by atoms with Crippen molar-refractivity contribution in [2.75, 3.05) is 7.11 Å². The van der Waals surface area contributed by atoms with Gasteiger partial charge in [0.2, 0.25) is 0 Å². The normalized spacial score (nSPS) is 11.4. The second-order valence-electron chi connectivity index (χ2n) is 2.74. The molecule has 0 bridgehead atoms. The highest BCUT2D eigenvalue weighted by atomic mass is 16.5. The van der Waals surface area contributed by atoms with Crippen molar-refractivity contribution in [1.29, 1.82) is 0 Å². The number of rotatable bonds is 4. The molecule has 0 unspecified atom stereocenters. The summed E-state index contributed by atoms with van der Waals surface area (Å²) in [4.78, 5) is 0. The zero-order valence-corrected chi connectivity index (χ0v) is 6.48. The summed E-state index contributed by atoms with van der Waals surface area (Å²) in [6.45, 7) is 9.31. The zero-order chi connectivity index (χ0) is 7.33. The molecule has 0 saturated carbocycles. The summed E-state index contributed by atoms with van der Waals surface area (Å²) >= 11 is 0. The van der Waals surface area contributed by atoms with Crippen LogP contribution in [0.25, 0.3) is 0 Å². The Hall–Kier alpha value is -0.300. The van der Waals surface area contributed by atoms with Crippen LogP contribution in [0.1, 0.15) is 26.7 Å². The van der Waals surface area contributed by atoms with Gasteiger partial charge in [-0.3, -0.25) is 0 Å². The topological polar surface area (TPSA) is 9.23 Å². The third-order valence-electron chi connectivity index (χ3n) is 1.47. The van der Waals surface area contributed by atoms with Gasteiger partial charge in [-0.2, -0.15) is 0 Å². The summed E-state index contributed by atoms with van der Waals surface area (Å²) in [6, 6.07) is 0. The SMILES string of the molecule is [CH]=CCCC(C)(C)OC. The van der Waals surface area contributed by atoms with Gasteiger partial charge in [-0.05, 0) is 26.7 Å². The van der Waals surface area contributed by atoms with Crippen LogP contribution in [0.15, 0.2) is 6.08 Å². The fourth-order valence-electron chi connectivity index (χ4n) is 0.533. The van der Waals surface area contributed by atoms with E-state index < -0.39 is 0 Å². The van der Waals surface area contributed by atoms with E-state index in [9.17, 15) is 0 Å². The van der Waals surface area contributed by atoms with Gasteiger partial charge in [0.05, 0.1) is 5.60 Å². The third kappa shape index (κ3) is 4.22. The van der Waals surface area contributed by atoms with Gasteiger partial charge in [-0.1, -0.05) is 12.7 Å². The molecule has 0 saturated heterocycles. The van der Waals surface area contributed by atoms with Crippen LogP contribution in [-0.2, 0) is 4.74 Å². The van der Waals surface area contributed by atoms with Gasteiger partial charge in [0.25, 0.3) is 0 Å². The fourth-order valence-corrected chi connectivity index (χ4v) is 0.533. The monoisotopic (exact) mass is 127 g/mol. The average molecular weight is 127 g/mol. The average Bonchev–Trinajstić information content (AvgIpc) is 1.84. The summed E-state index contributed by atoms with van der Waals surface area (Å²) in [5, 5.41) is 0. The van der Waals surface area contributed by atoms with Crippen LogP contribution in [-0.4, -0.2) is 12.7 Å². The van der Waals surface area contributed by atoms with E-state index in [4.69, 9.17) is 11.3 Å². The summed E-state index contributed by atoms with van der Waals surface area (Å²) in [6.07, 6.45) is 3.57. The number of hydrogen-bond donors (Lipinski definition) is 0. The first-order valence-electron chi connectivity index (χ1n) is 3.21. The van der Waals surface area contributed by atoms with Crippen molar-refractivity contribution in [3.8, 4) is 0 Å². The maximum atomic E-state index is 5.21. The standard InChI is InChI=1S/C8H15O/c1-5-6-7-8(2,3)9-4/h1,5H,6-7H2,2-4H3. The number of ether oxygens (including phenoxy) is 1. The summed E-state index contributed by atoms with van der Waals surface area (Å²) < 4.78 is 5.16. The lowest BCUT2D eigenvalue weighted by molar-refractivity contribution is 0.0163. The van der Waals surface area contributed by atoms with E-state index in [-0.39, 0.29) is 5.60 Å². The minimum atomic E-state index is -0.0180. The molecule has 0 rings (SSSR count). The first kappa shape index (κ1) is 8.70. The Bertz CT molecular complexity index is 84.6. The van der Waals surface area contributed by atoms with Crippen molar-refractivity contribution in [3.05, 3.63) is 12.7 Å². The highest BCUT2D eigenvalue weighted by Crippen LogP contribution is 2.14. The highest BCUT2D eigenvalue weighted by Gasteiger charge is 2.13. The molecule has 0 aliphatic rings. The van der Waals surface area contributed by atoms with Gasteiger partial charge in [0, 0.05) is 7.11 Å². The molecule has 1 heteroatoms. The van der Waals surface area contributed by atoms with Crippen LogP contribution in [0, 0.1) is 6.58 Å². The van der Waals surface area contributed by atoms with Crippen molar-refractivity contribution < 1.29 is 4.74 Å². The van der Waals surface area contributed by atoms with Gasteiger partial charge in [-0.15, -0.1) is 0 Å². The molecule has 53 valence electrons. The number of allylic oxidation sites excluding steroid dienone is 1. The Morgan fingerprint density at radius 1 is 1.56 bits per heavy atom. The van der Waals surface area contributed by atoms with Crippen LogP contribution >= 0.6 is 0 Å². The van der Waals surface area contributed by atoms with Gasteiger partial charge < -0.3 is 4.74 Å². The van der Waals surface area contributed by atoms with Crippen molar-refractivity contribution in [3.63, 3.8) is 0 Å². The molecule has 0 amide bonds. The Morgan fingerprint density at radius 2 is 2.11 bits per heavy atom. The van der Waals surface area contributed by atoms with E-state index in [1.54, 1.807) is 13.2 Å². The second kappa shape index (κ2) is 3.67. The lowest BCUT2D eigenvalue weighted by atomic mass is 10.0. The lowest BCUT2D eigenvalue weighted by Gasteiger charge is -2.21. The predicted molar refractivity (Wildman–Crippen MR) is 39.2 cm³/mol. The molecule has 0 aliphatic heterocycles. The van der Waals surface area contributed by atoms with Crippen molar-refractivity contribution in [2.45, 2.75) is 32.3 Å². The predicted octanol–water partition coefficient (Wildman–Crippen LogP) is 2.18. The smallest absolute Gasteiger partial charge is 0.0625 e. The van der Waals surface area contributed by atoms with Gasteiger partial charge in [0.15, 0.2) is 0 Å². The first-order valence-corrected chi connectivity index (χ1v) is 3.21. The minimum Gasteiger partial charge on any atom is -0.379 e. The molecule has 0 fully saturated rings. The molecular weight excluding hydrogens is 112 g/mol. The minimum absolute atomic E-state index is 0.0180. The summed E-state index contributed by atoms with van der Waals surface area (Å²) in [7, 11) is 1.72. The number of methoxy groups -OCH3 is 1. The van der Waals surface area contributed by atoms with E-state index >= 15 is 0 Å².